The lowest BCUT2D eigenvalue weighted by Gasteiger charge is -2.36. The molecule has 0 saturated heterocycles. The molecule has 0 spiro atoms. The SMILES string of the molecule is CC1(CN=C2NS(=O)(=O)c3ccccc32)CCC1. The zero-order valence-corrected chi connectivity index (χ0v) is 11.1. The van der Waals surface area contributed by atoms with Gasteiger partial charge in [0.15, 0.2) is 0 Å². The number of hydrogen-bond acceptors (Lipinski definition) is 3. The van der Waals surface area contributed by atoms with Crippen LogP contribution in [0.3, 0.4) is 0 Å². The van der Waals surface area contributed by atoms with E-state index in [4.69, 9.17) is 0 Å². The van der Waals surface area contributed by atoms with Gasteiger partial charge in [-0.25, -0.2) is 8.42 Å². The average molecular weight is 264 g/mol. The van der Waals surface area contributed by atoms with E-state index >= 15 is 0 Å². The standard InChI is InChI=1S/C13H16N2O2S/c1-13(7-4-8-13)9-14-12-10-5-2-3-6-11(10)18(16,17)15-12/h2-3,5-6H,4,7-9H2,1H3,(H,14,15). The van der Waals surface area contributed by atoms with Crippen molar-refractivity contribution >= 4 is 15.9 Å². The van der Waals surface area contributed by atoms with Crippen molar-refractivity contribution in [1.29, 1.82) is 0 Å². The van der Waals surface area contributed by atoms with Gasteiger partial charge in [0.25, 0.3) is 10.0 Å². The summed E-state index contributed by atoms with van der Waals surface area (Å²) in [4.78, 5) is 4.82. The first-order valence-corrected chi connectivity index (χ1v) is 7.65. The molecule has 1 saturated carbocycles. The molecule has 3 rings (SSSR count). The van der Waals surface area contributed by atoms with Crippen LogP contribution in [-0.4, -0.2) is 20.8 Å². The van der Waals surface area contributed by atoms with E-state index in [0.29, 0.717) is 22.8 Å². The molecule has 1 fully saturated rings. The number of benzene rings is 1. The van der Waals surface area contributed by atoms with Crippen LogP contribution in [0.1, 0.15) is 31.7 Å². The Morgan fingerprint density at radius 3 is 2.72 bits per heavy atom. The van der Waals surface area contributed by atoms with E-state index in [1.807, 2.05) is 6.07 Å². The highest BCUT2D eigenvalue weighted by molar-refractivity contribution is 7.90. The van der Waals surface area contributed by atoms with Crippen molar-refractivity contribution in [3.05, 3.63) is 29.8 Å². The maximum Gasteiger partial charge on any atom is 0.263 e. The molecular weight excluding hydrogens is 248 g/mol. The molecule has 1 aliphatic carbocycles. The van der Waals surface area contributed by atoms with Crippen LogP contribution >= 0.6 is 0 Å². The van der Waals surface area contributed by atoms with E-state index in [1.165, 1.54) is 19.3 Å². The Hall–Kier alpha value is -1.36. The Labute approximate surface area is 107 Å². The predicted octanol–water partition coefficient (Wildman–Crippen LogP) is 1.92. The second-order valence-electron chi connectivity index (χ2n) is 5.43. The molecule has 1 aliphatic heterocycles. The number of nitrogens with one attached hydrogen (secondary N) is 1. The third-order valence-corrected chi connectivity index (χ3v) is 5.24. The number of sulfonamides is 1. The number of nitrogens with zero attached hydrogens (tertiary/aromatic N) is 1. The van der Waals surface area contributed by atoms with Crippen LogP contribution in [0.4, 0.5) is 0 Å². The summed E-state index contributed by atoms with van der Waals surface area (Å²) in [6.45, 7) is 2.90. The highest BCUT2D eigenvalue weighted by Crippen LogP contribution is 2.40. The molecule has 18 heavy (non-hydrogen) atoms. The average Bonchev–Trinajstić information content (AvgIpc) is 2.57. The molecule has 96 valence electrons. The van der Waals surface area contributed by atoms with Crippen LogP contribution in [0.2, 0.25) is 0 Å². The predicted molar refractivity (Wildman–Crippen MR) is 70.1 cm³/mol. The van der Waals surface area contributed by atoms with Gasteiger partial charge in [-0.2, -0.15) is 0 Å². The fraction of sp³-hybridized carbons (Fsp3) is 0.462. The summed E-state index contributed by atoms with van der Waals surface area (Å²) in [5.41, 5.74) is 0.955. The van der Waals surface area contributed by atoms with Crippen molar-refractivity contribution in [2.45, 2.75) is 31.1 Å². The molecule has 5 heteroatoms. The Balaban J connectivity index is 1.94. The van der Waals surface area contributed by atoms with Crippen molar-refractivity contribution in [2.75, 3.05) is 6.54 Å². The Bertz CT molecular complexity index is 616. The third-order valence-electron chi connectivity index (χ3n) is 3.84. The number of rotatable bonds is 2. The van der Waals surface area contributed by atoms with Crippen LogP contribution in [0.25, 0.3) is 0 Å². The Morgan fingerprint density at radius 2 is 2.06 bits per heavy atom. The van der Waals surface area contributed by atoms with E-state index in [0.717, 1.165) is 0 Å². The van der Waals surface area contributed by atoms with Crippen LogP contribution in [0.5, 0.6) is 0 Å². The second-order valence-corrected chi connectivity index (χ2v) is 7.08. The quantitative estimate of drug-likeness (QED) is 0.887. The molecular formula is C13H16N2O2S. The van der Waals surface area contributed by atoms with Gasteiger partial charge in [-0.05, 0) is 30.4 Å². The third kappa shape index (κ3) is 1.82. The first kappa shape index (κ1) is 11.7. The molecule has 1 heterocycles. The van der Waals surface area contributed by atoms with E-state index in [1.54, 1.807) is 18.2 Å². The lowest BCUT2D eigenvalue weighted by Crippen LogP contribution is -2.30. The molecule has 0 amide bonds. The maximum atomic E-state index is 11.9. The van der Waals surface area contributed by atoms with Crippen molar-refractivity contribution < 1.29 is 8.42 Å². The smallest absolute Gasteiger partial charge is 0.263 e. The first-order chi connectivity index (χ1) is 8.50. The molecule has 1 N–H and O–H groups in total. The van der Waals surface area contributed by atoms with E-state index in [2.05, 4.69) is 16.6 Å². The molecule has 4 nitrogen and oxygen atoms in total. The normalized spacial score (nSPS) is 25.3. The number of aliphatic imine (C=N–C) groups is 1. The lowest BCUT2D eigenvalue weighted by molar-refractivity contribution is 0.174. The Kier molecular flexibility index (Phi) is 2.48. The van der Waals surface area contributed by atoms with Gasteiger partial charge in [0.05, 0.1) is 4.90 Å². The summed E-state index contributed by atoms with van der Waals surface area (Å²) in [5, 5.41) is 0. The summed E-state index contributed by atoms with van der Waals surface area (Å²) in [5.74, 6) is 0.499. The van der Waals surface area contributed by atoms with Gasteiger partial charge in [0.1, 0.15) is 5.84 Å². The Morgan fingerprint density at radius 1 is 1.33 bits per heavy atom. The molecule has 1 aromatic carbocycles. The number of amidine groups is 1. The molecule has 0 radical (unpaired) electrons. The topological polar surface area (TPSA) is 58.5 Å². The van der Waals surface area contributed by atoms with Gasteiger partial charge >= 0.3 is 0 Å². The van der Waals surface area contributed by atoms with Crippen molar-refractivity contribution in [1.82, 2.24) is 4.72 Å². The van der Waals surface area contributed by atoms with Gasteiger partial charge < -0.3 is 0 Å². The highest BCUT2D eigenvalue weighted by atomic mass is 32.2. The summed E-state index contributed by atoms with van der Waals surface area (Å²) in [6, 6.07) is 6.98. The minimum absolute atomic E-state index is 0.260. The fourth-order valence-electron chi connectivity index (χ4n) is 2.46. The fourth-order valence-corrected chi connectivity index (χ4v) is 3.71. The van der Waals surface area contributed by atoms with E-state index in [9.17, 15) is 8.42 Å². The summed E-state index contributed by atoms with van der Waals surface area (Å²) in [6.07, 6.45) is 3.61. The first-order valence-electron chi connectivity index (χ1n) is 6.17. The maximum absolute atomic E-state index is 11.9. The minimum Gasteiger partial charge on any atom is -0.267 e. The monoisotopic (exact) mass is 264 g/mol. The molecule has 0 atom stereocenters. The zero-order valence-electron chi connectivity index (χ0n) is 10.3. The van der Waals surface area contributed by atoms with Gasteiger partial charge in [-0.3, -0.25) is 9.71 Å². The van der Waals surface area contributed by atoms with Crippen molar-refractivity contribution in [2.24, 2.45) is 10.4 Å². The van der Waals surface area contributed by atoms with Crippen LogP contribution < -0.4 is 4.72 Å². The summed E-state index contributed by atoms with van der Waals surface area (Å²) >= 11 is 0. The lowest BCUT2D eigenvalue weighted by atomic mass is 9.70. The highest BCUT2D eigenvalue weighted by Gasteiger charge is 2.34. The van der Waals surface area contributed by atoms with Gasteiger partial charge in [-0.15, -0.1) is 0 Å². The second kappa shape index (κ2) is 3.82. The zero-order chi connectivity index (χ0) is 12.8. The van der Waals surface area contributed by atoms with Gasteiger partial charge in [-0.1, -0.05) is 25.5 Å². The van der Waals surface area contributed by atoms with E-state index in [-0.39, 0.29) is 5.41 Å². The van der Waals surface area contributed by atoms with Crippen LogP contribution in [0.15, 0.2) is 34.2 Å². The van der Waals surface area contributed by atoms with Crippen molar-refractivity contribution in [3.8, 4) is 0 Å². The molecule has 1 aromatic rings. The van der Waals surface area contributed by atoms with Gasteiger partial charge in [0, 0.05) is 12.1 Å². The summed E-state index contributed by atoms with van der Waals surface area (Å²) < 4.78 is 26.3. The molecule has 2 aliphatic rings. The van der Waals surface area contributed by atoms with E-state index < -0.39 is 10.0 Å². The molecule has 0 unspecified atom stereocenters. The minimum atomic E-state index is -3.39. The van der Waals surface area contributed by atoms with Crippen LogP contribution in [-0.2, 0) is 10.0 Å². The number of fused-ring (bicyclic) bond motifs is 1. The largest absolute Gasteiger partial charge is 0.267 e. The molecule has 0 aromatic heterocycles. The van der Waals surface area contributed by atoms with Crippen molar-refractivity contribution in [3.63, 3.8) is 0 Å². The molecule has 0 bridgehead atoms. The van der Waals surface area contributed by atoms with Crippen LogP contribution in [0, 0.1) is 5.41 Å². The number of hydrogen-bond donors (Lipinski definition) is 1. The summed E-state index contributed by atoms with van der Waals surface area (Å²) in [7, 11) is -3.39. The van der Waals surface area contributed by atoms with Gasteiger partial charge in [0.2, 0.25) is 0 Å².